The minimum atomic E-state index is -1.12. The Kier molecular flexibility index (Phi) is 5.58. The number of carboxylic acid groups (broad SMARTS) is 1. The molecule has 108 valence electrons. The van der Waals surface area contributed by atoms with Gasteiger partial charge < -0.3 is 19.9 Å². The normalized spacial score (nSPS) is 11.3. The molecule has 20 heavy (non-hydrogen) atoms. The largest absolute Gasteiger partial charge is 0.493 e. The van der Waals surface area contributed by atoms with Crippen LogP contribution in [-0.4, -0.2) is 37.2 Å². The molecule has 1 atom stereocenters. The summed E-state index contributed by atoms with van der Waals surface area (Å²) in [5.41, 5.74) is 0.708. The van der Waals surface area contributed by atoms with Gasteiger partial charge in [0, 0.05) is 6.42 Å². The van der Waals surface area contributed by atoms with Crippen molar-refractivity contribution < 1.29 is 24.2 Å². The van der Waals surface area contributed by atoms with Crippen molar-refractivity contribution in [2.75, 3.05) is 14.2 Å². The summed E-state index contributed by atoms with van der Waals surface area (Å²) in [6.45, 7) is 3.29. The average molecular weight is 279 g/mol. The van der Waals surface area contributed by atoms with Crippen molar-refractivity contribution in [2.45, 2.75) is 12.5 Å². The van der Waals surface area contributed by atoms with Crippen molar-refractivity contribution in [1.82, 2.24) is 5.32 Å². The summed E-state index contributed by atoms with van der Waals surface area (Å²) in [6, 6.07) is 4.05. The molecule has 2 N–H and O–H groups in total. The molecule has 0 spiro atoms. The van der Waals surface area contributed by atoms with Gasteiger partial charge in [-0.15, -0.1) is 0 Å². The lowest BCUT2D eigenvalue weighted by molar-refractivity contribution is -0.141. The van der Waals surface area contributed by atoms with E-state index < -0.39 is 17.9 Å². The van der Waals surface area contributed by atoms with E-state index in [1.165, 1.54) is 14.2 Å². The summed E-state index contributed by atoms with van der Waals surface area (Å²) >= 11 is 0. The third kappa shape index (κ3) is 4.01. The first-order valence-corrected chi connectivity index (χ1v) is 5.88. The predicted molar refractivity (Wildman–Crippen MR) is 73.0 cm³/mol. The van der Waals surface area contributed by atoms with E-state index in [0.717, 1.165) is 6.08 Å². The fraction of sp³-hybridized carbons (Fsp3) is 0.286. The molecule has 0 fully saturated rings. The number of hydrogen-bond donors (Lipinski definition) is 2. The number of carbonyl (C=O) groups is 2. The zero-order valence-corrected chi connectivity index (χ0v) is 11.4. The minimum absolute atomic E-state index is 0.134. The first kappa shape index (κ1) is 15.6. The molecule has 0 saturated carbocycles. The van der Waals surface area contributed by atoms with Crippen LogP contribution in [0.4, 0.5) is 0 Å². The van der Waals surface area contributed by atoms with Crippen LogP contribution in [0.1, 0.15) is 5.56 Å². The van der Waals surface area contributed by atoms with Crippen molar-refractivity contribution >= 4 is 11.9 Å². The van der Waals surface area contributed by atoms with Crippen molar-refractivity contribution in [3.8, 4) is 11.5 Å². The fourth-order valence-corrected chi connectivity index (χ4v) is 1.67. The number of carboxylic acids is 1. The van der Waals surface area contributed by atoms with Gasteiger partial charge in [0.2, 0.25) is 5.91 Å². The van der Waals surface area contributed by atoms with Crippen molar-refractivity contribution in [1.29, 1.82) is 0 Å². The molecule has 1 rings (SSSR count). The molecular formula is C14H17NO5. The molecule has 1 unspecified atom stereocenters. The number of methoxy groups -OCH3 is 2. The van der Waals surface area contributed by atoms with Gasteiger partial charge in [0.05, 0.1) is 14.2 Å². The Hall–Kier alpha value is -2.50. The quantitative estimate of drug-likeness (QED) is 0.727. The van der Waals surface area contributed by atoms with Crippen LogP contribution in [0.3, 0.4) is 0 Å². The summed E-state index contributed by atoms with van der Waals surface area (Å²) < 4.78 is 10.2. The summed E-state index contributed by atoms with van der Waals surface area (Å²) in [5.74, 6) is -0.588. The zero-order valence-electron chi connectivity index (χ0n) is 11.4. The van der Waals surface area contributed by atoms with Crippen LogP contribution >= 0.6 is 0 Å². The average Bonchev–Trinajstić information content (AvgIpc) is 2.45. The van der Waals surface area contributed by atoms with Gasteiger partial charge in [-0.1, -0.05) is 12.6 Å². The molecule has 0 aliphatic rings. The van der Waals surface area contributed by atoms with E-state index in [0.29, 0.717) is 17.1 Å². The van der Waals surface area contributed by atoms with Crippen LogP contribution < -0.4 is 14.8 Å². The monoisotopic (exact) mass is 279 g/mol. The number of nitrogens with one attached hydrogen (secondary N) is 1. The molecule has 6 heteroatoms. The van der Waals surface area contributed by atoms with Gasteiger partial charge in [-0.2, -0.15) is 0 Å². The second kappa shape index (κ2) is 7.18. The Morgan fingerprint density at radius 1 is 1.35 bits per heavy atom. The molecule has 6 nitrogen and oxygen atoms in total. The van der Waals surface area contributed by atoms with Gasteiger partial charge in [-0.3, -0.25) is 4.79 Å². The van der Waals surface area contributed by atoms with Crippen LogP contribution in [0.25, 0.3) is 0 Å². The highest BCUT2D eigenvalue weighted by Crippen LogP contribution is 2.27. The molecule has 0 bridgehead atoms. The van der Waals surface area contributed by atoms with Crippen molar-refractivity contribution in [2.24, 2.45) is 0 Å². The van der Waals surface area contributed by atoms with Crippen LogP contribution in [-0.2, 0) is 16.0 Å². The van der Waals surface area contributed by atoms with Gasteiger partial charge >= 0.3 is 5.97 Å². The fourth-order valence-electron chi connectivity index (χ4n) is 1.67. The van der Waals surface area contributed by atoms with Crippen molar-refractivity contribution in [3.05, 3.63) is 36.4 Å². The Balaban J connectivity index is 2.91. The predicted octanol–water partition coefficient (Wildman–Crippen LogP) is 1.00. The summed E-state index contributed by atoms with van der Waals surface area (Å²) in [4.78, 5) is 22.3. The second-order valence-electron chi connectivity index (χ2n) is 4.00. The van der Waals surface area contributed by atoms with E-state index in [9.17, 15) is 9.59 Å². The molecule has 0 radical (unpaired) electrons. The van der Waals surface area contributed by atoms with Gasteiger partial charge in [0.1, 0.15) is 6.04 Å². The van der Waals surface area contributed by atoms with E-state index in [4.69, 9.17) is 14.6 Å². The van der Waals surface area contributed by atoms with Gasteiger partial charge in [-0.25, -0.2) is 4.79 Å². The lowest BCUT2D eigenvalue weighted by Crippen LogP contribution is -2.41. The molecule has 0 aliphatic heterocycles. The lowest BCUT2D eigenvalue weighted by atomic mass is 10.1. The van der Waals surface area contributed by atoms with E-state index >= 15 is 0 Å². The molecule has 0 aromatic heterocycles. The van der Waals surface area contributed by atoms with Crippen molar-refractivity contribution in [3.63, 3.8) is 0 Å². The van der Waals surface area contributed by atoms with Gasteiger partial charge in [0.15, 0.2) is 11.5 Å². The Morgan fingerprint density at radius 2 is 2.00 bits per heavy atom. The summed E-state index contributed by atoms with van der Waals surface area (Å²) in [6.07, 6.45) is 1.17. The van der Waals surface area contributed by atoms with E-state index in [1.807, 2.05) is 0 Å². The molecule has 1 amide bonds. The molecule has 0 aliphatic carbocycles. The number of hydrogen-bond acceptors (Lipinski definition) is 4. The maximum atomic E-state index is 11.2. The number of amides is 1. The van der Waals surface area contributed by atoms with Gasteiger partial charge in [0.25, 0.3) is 0 Å². The smallest absolute Gasteiger partial charge is 0.326 e. The van der Waals surface area contributed by atoms with Crippen LogP contribution in [0.2, 0.25) is 0 Å². The zero-order chi connectivity index (χ0) is 15.1. The Bertz CT molecular complexity index is 512. The number of aliphatic carboxylic acids is 1. The second-order valence-corrected chi connectivity index (χ2v) is 4.00. The standard InChI is InChI=1S/C14H17NO5/c1-4-13(16)15-10(14(17)18)7-9-5-6-11(19-2)12(8-9)20-3/h4-6,8,10H,1,7H2,2-3H3,(H,15,16)(H,17,18). The van der Waals surface area contributed by atoms with Crippen LogP contribution in [0, 0.1) is 0 Å². The Labute approximate surface area is 117 Å². The molecular weight excluding hydrogens is 262 g/mol. The summed E-state index contributed by atoms with van der Waals surface area (Å²) in [7, 11) is 3.01. The van der Waals surface area contributed by atoms with Gasteiger partial charge in [-0.05, 0) is 23.8 Å². The number of carbonyl (C=O) groups excluding carboxylic acids is 1. The molecule has 1 aromatic rings. The minimum Gasteiger partial charge on any atom is -0.493 e. The highest BCUT2D eigenvalue weighted by molar-refractivity contribution is 5.90. The number of rotatable bonds is 7. The topological polar surface area (TPSA) is 84.9 Å². The summed E-state index contributed by atoms with van der Waals surface area (Å²) in [5, 5.41) is 11.5. The van der Waals surface area contributed by atoms with Crippen LogP contribution in [0.15, 0.2) is 30.9 Å². The molecule has 1 aromatic carbocycles. The number of ether oxygens (including phenoxy) is 2. The maximum absolute atomic E-state index is 11.2. The lowest BCUT2D eigenvalue weighted by Gasteiger charge is -2.15. The third-order valence-electron chi connectivity index (χ3n) is 2.69. The van der Waals surface area contributed by atoms with E-state index in [-0.39, 0.29) is 6.42 Å². The highest BCUT2D eigenvalue weighted by atomic mass is 16.5. The maximum Gasteiger partial charge on any atom is 0.326 e. The number of benzene rings is 1. The third-order valence-corrected chi connectivity index (χ3v) is 2.69. The van der Waals surface area contributed by atoms with E-state index in [2.05, 4.69) is 11.9 Å². The Morgan fingerprint density at radius 3 is 2.50 bits per heavy atom. The van der Waals surface area contributed by atoms with E-state index in [1.54, 1.807) is 18.2 Å². The van der Waals surface area contributed by atoms with Crippen LogP contribution in [0.5, 0.6) is 11.5 Å². The molecule has 0 heterocycles. The first-order chi connectivity index (χ1) is 9.51. The highest BCUT2D eigenvalue weighted by Gasteiger charge is 2.20. The first-order valence-electron chi connectivity index (χ1n) is 5.88. The SMILES string of the molecule is C=CC(=O)NC(Cc1ccc(OC)c(OC)c1)C(=O)O. The molecule has 0 saturated heterocycles.